The molecule has 0 aliphatic carbocycles. The number of aryl methyl sites for hydroxylation is 3. The minimum absolute atomic E-state index is 0.0112. The third-order valence-corrected chi connectivity index (χ3v) is 3.43. The smallest absolute Gasteiger partial charge is 0.345 e. The molecule has 0 saturated carbocycles. The Morgan fingerprint density at radius 3 is 2.38 bits per heavy atom. The van der Waals surface area contributed by atoms with Gasteiger partial charge in [-0.05, 0) is 49.6 Å². The van der Waals surface area contributed by atoms with Gasteiger partial charge in [0.25, 0.3) is 5.69 Å². The summed E-state index contributed by atoms with van der Waals surface area (Å²) >= 11 is 0. The first kappa shape index (κ1) is 17.5. The fraction of sp³-hybridized carbons (Fsp3) is 0.278. The molecule has 0 saturated heterocycles. The van der Waals surface area contributed by atoms with Gasteiger partial charge in [-0.15, -0.1) is 0 Å². The number of nitro benzene ring substituents is 1. The van der Waals surface area contributed by atoms with Crippen LogP contribution in [0.1, 0.15) is 27.0 Å². The van der Waals surface area contributed by atoms with Crippen LogP contribution in [0.3, 0.4) is 0 Å². The van der Waals surface area contributed by atoms with E-state index in [1.54, 1.807) is 13.0 Å². The van der Waals surface area contributed by atoms with Gasteiger partial charge in [0.1, 0.15) is 24.5 Å². The highest BCUT2D eigenvalue weighted by molar-refractivity contribution is 5.95. The SMILES string of the molecule is Cc1cc(C)cc(OCCOC(=O)c2c(C)cccc2[N+](=O)[O-])c1. The zero-order chi connectivity index (χ0) is 17.7. The number of carbonyl (C=O) groups is 1. The maximum atomic E-state index is 12.1. The summed E-state index contributed by atoms with van der Waals surface area (Å²) in [4.78, 5) is 22.6. The summed E-state index contributed by atoms with van der Waals surface area (Å²) in [7, 11) is 0. The first-order valence-electron chi connectivity index (χ1n) is 7.50. The molecule has 0 unspecified atom stereocenters. The highest BCUT2D eigenvalue weighted by Gasteiger charge is 2.23. The summed E-state index contributed by atoms with van der Waals surface area (Å²) in [5.41, 5.74) is 2.39. The molecule has 0 aromatic heterocycles. The van der Waals surface area contributed by atoms with Crippen LogP contribution in [0.25, 0.3) is 0 Å². The number of ether oxygens (including phenoxy) is 2. The molecule has 6 nitrogen and oxygen atoms in total. The molecule has 0 radical (unpaired) electrons. The Kier molecular flexibility index (Phi) is 5.52. The Balaban J connectivity index is 1.96. The zero-order valence-electron chi connectivity index (χ0n) is 13.9. The van der Waals surface area contributed by atoms with Gasteiger partial charge in [0.05, 0.1) is 4.92 Å². The summed E-state index contributed by atoms with van der Waals surface area (Å²) in [5.74, 6) is -0.0192. The number of nitro groups is 1. The van der Waals surface area contributed by atoms with Gasteiger partial charge in [0, 0.05) is 6.07 Å². The first-order valence-corrected chi connectivity index (χ1v) is 7.50. The summed E-state index contributed by atoms with van der Waals surface area (Å²) in [6.45, 7) is 5.76. The Hall–Kier alpha value is -2.89. The van der Waals surface area contributed by atoms with Crippen molar-refractivity contribution in [3.05, 3.63) is 68.8 Å². The van der Waals surface area contributed by atoms with E-state index in [-0.39, 0.29) is 24.5 Å². The third kappa shape index (κ3) is 4.32. The van der Waals surface area contributed by atoms with E-state index in [0.29, 0.717) is 11.3 Å². The average molecular weight is 329 g/mol. The Bertz CT molecular complexity index is 750. The van der Waals surface area contributed by atoms with Crippen LogP contribution < -0.4 is 4.74 Å². The van der Waals surface area contributed by atoms with E-state index in [1.807, 2.05) is 32.0 Å². The van der Waals surface area contributed by atoms with Crippen LogP contribution >= 0.6 is 0 Å². The van der Waals surface area contributed by atoms with Gasteiger partial charge in [0.2, 0.25) is 0 Å². The average Bonchev–Trinajstić information content (AvgIpc) is 2.50. The lowest BCUT2D eigenvalue weighted by atomic mass is 10.1. The van der Waals surface area contributed by atoms with E-state index in [9.17, 15) is 14.9 Å². The molecule has 2 rings (SSSR count). The van der Waals surface area contributed by atoms with Crippen molar-refractivity contribution in [2.24, 2.45) is 0 Å². The van der Waals surface area contributed by atoms with Crippen molar-refractivity contribution in [2.45, 2.75) is 20.8 Å². The molecule has 2 aromatic rings. The second-order valence-electron chi connectivity index (χ2n) is 5.53. The van der Waals surface area contributed by atoms with Gasteiger partial charge >= 0.3 is 5.97 Å². The highest BCUT2D eigenvalue weighted by atomic mass is 16.6. The van der Waals surface area contributed by atoms with Crippen molar-refractivity contribution in [2.75, 3.05) is 13.2 Å². The Labute approximate surface area is 140 Å². The Morgan fingerprint density at radius 1 is 1.08 bits per heavy atom. The first-order chi connectivity index (χ1) is 11.4. The fourth-order valence-corrected chi connectivity index (χ4v) is 2.45. The van der Waals surface area contributed by atoms with Crippen LogP contribution in [0, 0.1) is 30.9 Å². The number of carbonyl (C=O) groups excluding carboxylic acids is 1. The van der Waals surface area contributed by atoms with Gasteiger partial charge < -0.3 is 9.47 Å². The summed E-state index contributed by atoms with van der Waals surface area (Å²) < 4.78 is 10.7. The molecule has 126 valence electrons. The van der Waals surface area contributed by atoms with E-state index in [2.05, 4.69) is 0 Å². The topological polar surface area (TPSA) is 78.7 Å². The quantitative estimate of drug-likeness (QED) is 0.349. The number of hydrogen-bond acceptors (Lipinski definition) is 5. The second-order valence-corrected chi connectivity index (χ2v) is 5.53. The van der Waals surface area contributed by atoms with Gasteiger partial charge in [-0.25, -0.2) is 4.79 Å². The monoisotopic (exact) mass is 329 g/mol. The Morgan fingerprint density at radius 2 is 1.75 bits per heavy atom. The maximum Gasteiger partial charge on any atom is 0.345 e. The number of rotatable bonds is 6. The number of hydrogen-bond donors (Lipinski definition) is 0. The van der Waals surface area contributed by atoms with Crippen molar-refractivity contribution in [1.29, 1.82) is 0 Å². The predicted octanol–water partition coefficient (Wildman–Crippen LogP) is 3.76. The highest BCUT2D eigenvalue weighted by Crippen LogP contribution is 2.22. The van der Waals surface area contributed by atoms with Crippen molar-refractivity contribution in [3.63, 3.8) is 0 Å². The molecule has 0 atom stereocenters. The van der Waals surface area contributed by atoms with Crippen LogP contribution in [-0.4, -0.2) is 24.1 Å². The van der Waals surface area contributed by atoms with Crippen LogP contribution in [0.4, 0.5) is 5.69 Å². The molecule has 2 aromatic carbocycles. The van der Waals surface area contributed by atoms with E-state index >= 15 is 0 Å². The molecule has 0 N–H and O–H groups in total. The summed E-state index contributed by atoms with van der Waals surface area (Å²) in [6.07, 6.45) is 0. The standard InChI is InChI=1S/C18H19NO5/c1-12-9-13(2)11-15(10-12)23-7-8-24-18(20)17-14(3)5-4-6-16(17)19(21)22/h4-6,9-11H,7-8H2,1-3H3. The maximum absolute atomic E-state index is 12.1. The predicted molar refractivity (Wildman–Crippen MR) is 89.5 cm³/mol. The van der Waals surface area contributed by atoms with Gasteiger partial charge in [-0.1, -0.05) is 18.2 Å². The molecular formula is C18H19NO5. The zero-order valence-corrected chi connectivity index (χ0v) is 13.9. The van der Waals surface area contributed by atoms with Crippen molar-refractivity contribution in [3.8, 4) is 5.75 Å². The molecular weight excluding hydrogens is 310 g/mol. The van der Waals surface area contributed by atoms with Crippen LogP contribution in [0.5, 0.6) is 5.75 Å². The van der Waals surface area contributed by atoms with Crippen LogP contribution in [0.15, 0.2) is 36.4 Å². The molecule has 0 bridgehead atoms. The molecule has 6 heteroatoms. The lowest BCUT2D eigenvalue weighted by Gasteiger charge is -2.10. The van der Waals surface area contributed by atoms with E-state index in [0.717, 1.165) is 11.1 Å². The molecule has 0 fully saturated rings. The van der Waals surface area contributed by atoms with E-state index in [1.165, 1.54) is 12.1 Å². The molecule has 0 amide bonds. The molecule has 0 heterocycles. The fourth-order valence-electron chi connectivity index (χ4n) is 2.45. The lowest BCUT2D eigenvalue weighted by molar-refractivity contribution is -0.385. The van der Waals surface area contributed by atoms with Crippen LogP contribution in [0.2, 0.25) is 0 Å². The summed E-state index contributed by atoms with van der Waals surface area (Å²) in [6, 6.07) is 10.3. The van der Waals surface area contributed by atoms with Crippen molar-refractivity contribution >= 4 is 11.7 Å². The third-order valence-electron chi connectivity index (χ3n) is 3.43. The molecule has 0 aliphatic rings. The van der Waals surface area contributed by atoms with E-state index < -0.39 is 10.9 Å². The molecule has 0 spiro atoms. The van der Waals surface area contributed by atoms with E-state index in [4.69, 9.17) is 9.47 Å². The van der Waals surface area contributed by atoms with Gasteiger partial charge in [-0.2, -0.15) is 0 Å². The number of benzene rings is 2. The van der Waals surface area contributed by atoms with Crippen molar-refractivity contribution < 1.29 is 19.2 Å². The van der Waals surface area contributed by atoms with Gasteiger partial charge in [-0.3, -0.25) is 10.1 Å². The molecule has 24 heavy (non-hydrogen) atoms. The minimum atomic E-state index is -0.719. The number of nitrogens with zero attached hydrogens (tertiary/aromatic N) is 1. The summed E-state index contributed by atoms with van der Waals surface area (Å²) in [5, 5.41) is 11.0. The lowest BCUT2D eigenvalue weighted by Crippen LogP contribution is -2.15. The molecule has 0 aliphatic heterocycles. The normalized spacial score (nSPS) is 10.3. The largest absolute Gasteiger partial charge is 0.490 e. The van der Waals surface area contributed by atoms with Crippen molar-refractivity contribution in [1.82, 2.24) is 0 Å². The second kappa shape index (κ2) is 7.59. The minimum Gasteiger partial charge on any atom is -0.490 e. The number of esters is 1. The van der Waals surface area contributed by atoms with Gasteiger partial charge in [0.15, 0.2) is 0 Å². The van der Waals surface area contributed by atoms with Crippen LogP contribution in [-0.2, 0) is 4.74 Å².